The number of likely N-dealkylation sites (tertiary alicyclic amines) is 1. The van der Waals surface area contributed by atoms with Crippen molar-refractivity contribution in [3.05, 3.63) is 46.5 Å². The fourth-order valence-electron chi connectivity index (χ4n) is 5.68. The number of phenols is 1. The number of carbonyl (C=O) groups is 3. The van der Waals surface area contributed by atoms with Gasteiger partial charge in [-0.3, -0.25) is 9.59 Å². The normalized spacial score (nSPS) is 27.1. The van der Waals surface area contributed by atoms with Gasteiger partial charge in [0.1, 0.15) is 5.75 Å². The van der Waals surface area contributed by atoms with E-state index in [-0.39, 0.29) is 18.0 Å². The first-order valence-electron chi connectivity index (χ1n) is 11.7. The smallest absolute Gasteiger partial charge is 0.455 e. The number of hydrogen-bond acceptors (Lipinski definition) is 7. The van der Waals surface area contributed by atoms with Crippen molar-refractivity contribution in [3.8, 4) is 5.75 Å². The van der Waals surface area contributed by atoms with Gasteiger partial charge in [-0.05, 0) is 56.5 Å². The van der Waals surface area contributed by atoms with E-state index in [1.807, 2.05) is 32.1 Å². The van der Waals surface area contributed by atoms with Crippen LogP contribution in [0.1, 0.15) is 45.1 Å². The predicted molar refractivity (Wildman–Crippen MR) is 125 cm³/mol. The highest BCUT2D eigenvalue weighted by atomic mass is 16.5. The lowest BCUT2D eigenvalue weighted by atomic mass is 9.58. The molecule has 8 nitrogen and oxygen atoms in total. The lowest BCUT2D eigenvalue weighted by Gasteiger charge is -2.43. The van der Waals surface area contributed by atoms with Gasteiger partial charge in [0.25, 0.3) is 0 Å². The molecule has 2 N–H and O–H groups in total. The van der Waals surface area contributed by atoms with E-state index < -0.39 is 43.0 Å². The van der Waals surface area contributed by atoms with Gasteiger partial charge < -0.3 is 19.5 Å². The number of para-hydroxylation sites is 1. The average molecular weight is 467 g/mol. The van der Waals surface area contributed by atoms with Crippen molar-refractivity contribution in [3.63, 3.8) is 0 Å². The summed E-state index contributed by atoms with van der Waals surface area (Å²) in [5.41, 5.74) is 3.81. The van der Waals surface area contributed by atoms with Crippen LogP contribution in [0, 0.1) is 17.8 Å². The molecule has 0 bridgehead atoms. The average Bonchev–Trinajstić information content (AvgIpc) is 3.07. The van der Waals surface area contributed by atoms with Crippen molar-refractivity contribution in [2.75, 3.05) is 7.11 Å². The van der Waals surface area contributed by atoms with Crippen molar-refractivity contribution in [2.24, 2.45) is 17.8 Å². The Kier molecular flexibility index (Phi) is 6.95. The number of methoxy groups -OCH3 is 1. The number of imide groups is 3. The molecule has 1 aromatic carbocycles. The number of rotatable bonds is 5. The van der Waals surface area contributed by atoms with Crippen molar-refractivity contribution in [1.82, 2.24) is 4.90 Å². The van der Waals surface area contributed by atoms with Crippen LogP contribution in [-0.4, -0.2) is 53.3 Å². The molecule has 4 rings (SSSR count). The predicted octanol–water partition coefficient (Wildman–Crippen LogP) is 3.55. The van der Waals surface area contributed by atoms with Crippen LogP contribution in [0.4, 0.5) is 4.79 Å². The van der Waals surface area contributed by atoms with Crippen molar-refractivity contribution >= 4 is 31.1 Å². The molecule has 2 aliphatic heterocycles. The van der Waals surface area contributed by atoms with Crippen LogP contribution in [0.3, 0.4) is 0 Å². The van der Waals surface area contributed by atoms with Gasteiger partial charge in [-0.15, -0.1) is 0 Å². The van der Waals surface area contributed by atoms with Gasteiger partial charge in [-0.25, -0.2) is 4.79 Å². The van der Waals surface area contributed by atoms with Gasteiger partial charge in [-0.1, -0.05) is 42.3 Å². The van der Waals surface area contributed by atoms with E-state index in [1.165, 1.54) is 0 Å². The summed E-state index contributed by atoms with van der Waals surface area (Å²) < 4.78 is 10.6. The Balaban J connectivity index is 1.60. The minimum atomic E-state index is -1.06. The van der Waals surface area contributed by atoms with Gasteiger partial charge in [0.05, 0.1) is 25.0 Å². The first-order chi connectivity index (χ1) is 16.3. The van der Waals surface area contributed by atoms with Crippen molar-refractivity contribution < 1.29 is 33.9 Å². The number of ether oxygens (including phenoxy) is 1. The molecule has 3 aliphatic rings. The first-order valence-corrected chi connectivity index (χ1v) is 11.7. The molecule has 2 heterocycles. The number of allylic oxidation sites excluding steroid dienone is 2. The number of aromatic hydroxyl groups is 1. The lowest BCUT2D eigenvalue weighted by Crippen LogP contribution is -2.46. The Morgan fingerprint density at radius 1 is 1.26 bits per heavy atom. The third-order valence-electron chi connectivity index (χ3n) is 7.23. The largest absolute Gasteiger partial charge is 0.507 e. The number of benzene rings is 1. The number of carbonyl (C=O) groups excluding carboxylic acids is 3. The third kappa shape index (κ3) is 4.30. The molecule has 3 amide bonds. The zero-order valence-electron chi connectivity index (χ0n) is 19.7. The monoisotopic (exact) mass is 467 g/mol. The van der Waals surface area contributed by atoms with E-state index in [2.05, 4.69) is 4.74 Å². The Bertz CT molecular complexity index is 1070. The van der Waals surface area contributed by atoms with E-state index in [1.54, 1.807) is 12.1 Å². The van der Waals surface area contributed by atoms with Gasteiger partial charge in [0, 0.05) is 5.56 Å². The zero-order chi connectivity index (χ0) is 24.6. The standard InChI is InChI=1S/C25H30BNO7/c1-4-15-12-17-22(24(30)27(23(17)29)25(31)33-3)18-13-26(32)34-20(21(15)18)10-9-14(2)11-16-7-5-6-8-19(16)28/h5-8,11,17-18,20,22,28,32H,4,9-10,12-13H2,1-3H3/b14-11+/t17-,18+,20-,22-/m1/s1. The van der Waals surface area contributed by atoms with Crippen molar-refractivity contribution in [2.45, 2.75) is 52.0 Å². The Morgan fingerprint density at radius 3 is 2.68 bits per heavy atom. The molecular weight excluding hydrogens is 437 g/mol. The molecule has 9 heteroatoms. The topological polar surface area (TPSA) is 113 Å². The Hall–Kier alpha value is -2.91. The number of fused-ring (bicyclic) bond motifs is 3. The summed E-state index contributed by atoms with van der Waals surface area (Å²) in [4.78, 5) is 38.8. The molecule has 2 saturated heterocycles. The van der Waals surface area contributed by atoms with Crippen LogP contribution < -0.4 is 0 Å². The highest BCUT2D eigenvalue weighted by Gasteiger charge is 2.58. The number of amides is 3. The zero-order valence-corrected chi connectivity index (χ0v) is 19.7. The van der Waals surface area contributed by atoms with Crippen molar-refractivity contribution in [1.29, 1.82) is 0 Å². The molecular formula is C25H30BNO7. The maximum Gasteiger partial charge on any atom is 0.455 e. The fraction of sp³-hybridized carbons (Fsp3) is 0.480. The van der Waals surface area contributed by atoms with Crippen LogP contribution in [0.25, 0.3) is 6.08 Å². The molecule has 180 valence electrons. The molecule has 0 spiro atoms. The summed E-state index contributed by atoms with van der Waals surface area (Å²) >= 11 is 0. The van der Waals surface area contributed by atoms with E-state index in [4.69, 9.17) is 4.65 Å². The third-order valence-corrected chi connectivity index (χ3v) is 7.23. The first kappa shape index (κ1) is 24.2. The van der Waals surface area contributed by atoms with Gasteiger partial charge in [0.15, 0.2) is 0 Å². The maximum atomic E-state index is 13.1. The number of hydrogen-bond donors (Lipinski definition) is 2. The number of nitrogens with zero attached hydrogens (tertiary/aromatic N) is 1. The summed E-state index contributed by atoms with van der Waals surface area (Å²) in [7, 11) is 0.0822. The summed E-state index contributed by atoms with van der Waals surface area (Å²) in [6.07, 6.45) is 3.11. The molecule has 1 aliphatic carbocycles. The Morgan fingerprint density at radius 2 is 2.00 bits per heavy atom. The maximum absolute atomic E-state index is 13.1. The second kappa shape index (κ2) is 9.76. The highest BCUT2D eigenvalue weighted by molar-refractivity contribution is 6.43. The molecule has 0 aromatic heterocycles. The summed E-state index contributed by atoms with van der Waals surface area (Å²) in [5, 5.41) is 20.6. The molecule has 0 saturated carbocycles. The Labute approximate surface area is 199 Å². The minimum Gasteiger partial charge on any atom is -0.507 e. The SMILES string of the molecule is CCC1=C2[C@@H](CC/C(C)=C/c3ccccc3O)OB(O)C[C@@H]2[C@@H]2C(=O)N(C(=O)OC)C(=O)[C@@H]2C1. The molecule has 34 heavy (non-hydrogen) atoms. The summed E-state index contributed by atoms with van der Waals surface area (Å²) in [6.45, 7) is 3.98. The van der Waals surface area contributed by atoms with Gasteiger partial charge in [0.2, 0.25) is 11.8 Å². The summed E-state index contributed by atoms with van der Waals surface area (Å²) in [6, 6.07) is 7.10. The van der Waals surface area contributed by atoms with Gasteiger partial charge in [-0.2, -0.15) is 4.90 Å². The van der Waals surface area contributed by atoms with Crippen LogP contribution >= 0.6 is 0 Å². The lowest BCUT2D eigenvalue weighted by molar-refractivity contribution is -0.137. The second-order valence-electron chi connectivity index (χ2n) is 9.24. The van der Waals surface area contributed by atoms with Crippen LogP contribution in [0.2, 0.25) is 6.32 Å². The molecule has 4 atom stereocenters. The minimum absolute atomic E-state index is 0.206. The fourth-order valence-corrected chi connectivity index (χ4v) is 5.68. The van der Waals surface area contributed by atoms with E-state index in [0.29, 0.717) is 30.6 Å². The quantitative estimate of drug-likeness (QED) is 0.387. The molecule has 2 fully saturated rings. The van der Waals surface area contributed by atoms with Crippen LogP contribution in [-0.2, 0) is 19.0 Å². The van der Waals surface area contributed by atoms with E-state index in [0.717, 1.165) is 29.4 Å². The highest BCUT2D eigenvalue weighted by Crippen LogP contribution is 2.51. The molecule has 0 unspecified atom stereocenters. The van der Waals surface area contributed by atoms with Crippen LogP contribution in [0.5, 0.6) is 5.75 Å². The number of phenolic OH excluding ortho intramolecular Hbond substituents is 1. The summed E-state index contributed by atoms with van der Waals surface area (Å²) in [5.74, 6) is -2.55. The van der Waals surface area contributed by atoms with Gasteiger partial charge >= 0.3 is 13.2 Å². The second-order valence-corrected chi connectivity index (χ2v) is 9.24. The van der Waals surface area contributed by atoms with Crippen LogP contribution in [0.15, 0.2) is 41.0 Å². The van der Waals surface area contributed by atoms with E-state index in [9.17, 15) is 24.5 Å². The van der Waals surface area contributed by atoms with E-state index >= 15 is 0 Å². The molecule has 1 aromatic rings. The molecule has 0 radical (unpaired) electrons.